The molecule has 0 saturated carbocycles. The first-order valence-corrected chi connectivity index (χ1v) is 11.5. The Labute approximate surface area is 186 Å². The number of hydrogen-bond donors (Lipinski definition) is 0. The van der Waals surface area contributed by atoms with Gasteiger partial charge >= 0.3 is 12.1 Å². The van der Waals surface area contributed by atoms with Crippen molar-refractivity contribution in [1.29, 1.82) is 0 Å². The normalized spacial score (nSPS) is 12.0. The molecule has 0 bridgehead atoms. The van der Waals surface area contributed by atoms with Gasteiger partial charge in [-0.15, -0.1) is 0 Å². The zero-order valence-electron chi connectivity index (χ0n) is 18.1. The van der Waals surface area contributed by atoms with Crippen LogP contribution in [0.1, 0.15) is 39.2 Å². The van der Waals surface area contributed by atoms with E-state index in [1.165, 1.54) is 12.1 Å². The summed E-state index contributed by atoms with van der Waals surface area (Å²) in [7, 11) is -4.08. The Morgan fingerprint density at radius 2 is 1.75 bits per heavy atom. The molecule has 0 unspecified atom stereocenters. The highest BCUT2D eigenvalue weighted by atomic mass is 32.2. The third kappa shape index (κ3) is 6.38. The summed E-state index contributed by atoms with van der Waals surface area (Å²) in [4.78, 5) is 11.5. The van der Waals surface area contributed by atoms with Gasteiger partial charge in [0.25, 0.3) is 10.0 Å². The van der Waals surface area contributed by atoms with E-state index in [1.54, 1.807) is 39.0 Å². The SMILES string of the molecule is CCOC(=O)CCCOc1cc(C(F)(F)F)ccc1N(C(C)C)S(=O)(=O)c1ccccc1. The summed E-state index contributed by atoms with van der Waals surface area (Å²) in [5.74, 6) is -0.687. The van der Waals surface area contributed by atoms with Crippen LogP contribution in [0, 0.1) is 0 Å². The van der Waals surface area contributed by atoms with Crippen molar-refractivity contribution in [2.24, 2.45) is 0 Å². The minimum atomic E-state index is -4.64. The van der Waals surface area contributed by atoms with Crippen molar-refractivity contribution < 1.29 is 35.9 Å². The van der Waals surface area contributed by atoms with Crippen LogP contribution in [0.5, 0.6) is 5.75 Å². The van der Waals surface area contributed by atoms with Crippen molar-refractivity contribution in [3.05, 3.63) is 54.1 Å². The standard InChI is InChI=1S/C22H26F3NO5S/c1-4-30-21(27)11-8-14-31-20-15-17(22(23,24)25)12-13-19(20)26(16(2)3)32(28,29)18-9-6-5-7-10-18/h5-7,9-10,12-13,15-16H,4,8,11,14H2,1-3H3. The molecule has 0 fully saturated rings. The van der Waals surface area contributed by atoms with E-state index in [4.69, 9.17) is 9.47 Å². The number of ether oxygens (including phenoxy) is 2. The molecule has 0 saturated heterocycles. The zero-order valence-corrected chi connectivity index (χ0v) is 18.9. The fraction of sp³-hybridized carbons (Fsp3) is 0.409. The largest absolute Gasteiger partial charge is 0.491 e. The van der Waals surface area contributed by atoms with Gasteiger partial charge in [0.15, 0.2) is 0 Å². The second-order valence-electron chi connectivity index (χ2n) is 7.14. The van der Waals surface area contributed by atoms with Crippen LogP contribution >= 0.6 is 0 Å². The van der Waals surface area contributed by atoms with Crippen LogP contribution in [0.25, 0.3) is 0 Å². The molecule has 0 N–H and O–H groups in total. The summed E-state index contributed by atoms with van der Waals surface area (Å²) < 4.78 is 77.8. The molecule has 10 heteroatoms. The number of sulfonamides is 1. The quantitative estimate of drug-likeness (QED) is 0.357. The number of carbonyl (C=O) groups excluding carboxylic acids is 1. The van der Waals surface area contributed by atoms with Crippen molar-refractivity contribution in [2.45, 2.75) is 50.7 Å². The predicted molar refractivity (Wildman–Crippen MR) is 114 cm³/mol. The molecular weight excluding hydrogens is 447 g/mol. The van der Waals surface area contributed by atoms with Crippen LogP contribution in [-0.4, -0.2) is 33.6 Å². The first kappa shape index (κ1) is 25.5. The van der Waals surface area contributed by atoms with Gasteiger partial charge in [-0.1, -0.05) is 18.2 Å². The Hall–Kier alpha value is -2.75. The van der Waals surface area contributed by atoms with Crippen molar-refractivity contribution in [1.82, 2.24) is 0 Å². The molecule has 0 aromatic heterocycles. The Kier molecular flexibility index (Phi) is 8.54. The highest BCUT2D eigenvalue weighted by Crippen LogP contribution is 2.39. The fourth-order valence-electron chi connectivity index (χ4n) is 3.01. The van der Waals surface area contributed by atoms with Crippen molar-refractivity contribution in [3.63, 3.8) is 0 Å². The Morgan fingerprint density at radius 1 is 1.09 bits per heavy atom. The first-order chi connectivity index (χ1) is 15.0. The topological polar surface area (TPSA) is 72.9 Å². The number of halogens is 3. The summed E-state index contributed by atoms with van der Waals surface area (Å²) in [6.45, 7) is 5.02. The number of carbonyl (C=O) groups is 1. The summed E-state index contributed by atoms with van der Waals surface area (Å²) in [5, 5.41) is 0. The highest BCUT2D eigenvalue weighted by Gasteiger charge is 2.34. The van der Waals surface area contributed by atoms with Crippen LogP contribution in [-0.2, 0) is 25.7 Å². The lowest BCUT2D eigenvalue weighted by Gasteiger charge is -2.30. The lowest BCUT2D eigenvalue weighted by Crippen LogP contribution is -2.37. The molecule has 0 aliphatic carbocycles. The van der Waals surface area contributed by atoms with E-state index < -0.39 is 33.8 Å². The van der Waals surface area contributed by atoms with Crippen LogP contribution in [0.4, 0.5) is 18.9 Å². The minimum absolute atomic E-state index is 0.00172. The molecule has 2 aromatic carbocycles. The van der Waals surface area contributed by atoms with Crippen molar-refractivity contribution in [3.8, 4) is 5.75 Å². The van der Waals surface area contributed by atoms with Gasteiger partial charge in [-0.05, 0) is 57.5 Å². The second-order valence-corrected chi connectivity index (χ2v) is 8.96. The molecule has 6 nitrogen and oxygen atoms in total. The molecule has 0 radical (unpaired) electrons. The maximum atomic E-state index is 13.3. The Balaban J connectivity index is 2.43. The van der Waals surface area contributed by atoms with Gasteiger partial charge in [-0.25, -0.2) is 8.42 Å². The number of rotatable bonds is 10. The average Bonchev–Trinajstić information content (AvgIpc) is 2.72. The van der Waals surface area contributed by atoms with Crippen LogP contribution in [0.2, 0.25) is 0 Å². The van der Waals surface area contributed by atoms with Crippen LogP contribution in [0.3, 0.4) is 0 Å². The molecule has 176 valence electrons. The molecule has 0 spiro atoms. The van der Waals surface area contributed by atoms with E-state index >= 15 is 0 Å². The van der Waals surface area contributed by atoms with E-state index in [2.05, 4.69) is 0 Å². The number of esters is 1. The molecule has 0 amide bonds. The van der Waals surface area contributed by atoms with Gasteiger partial charge in [0, 0.05) is 12.5 Å². The van der Waals surface area contributed by atoms with Gasteiger partial charge < -0.3 is 9.47 Å². The summed E-state index contributed by atoms with van der Waals surface area (Å²) in [6, 6.07) is 9.67. The molecule has 0 atom stereocenters. The number of hydrogen-bond acceptors (Lipinski definition) is 5. The molecule has 2 rings (SSSR count). The molecule has 32 heavy (non-hydrogen) atoms. The molecule has 0 aliphatic heterocycles. The van der Waals surface area contributed by atoms with E-state index in [-0.39, 0.29) is 42.4 Å². The van der Waals surface area contributed by atoms with Gasteiger partial charge in [-0.3, -0.25) is 9.10 Å². The average molecular weight is 474 g/mol. The molecule has 0 aliphatic rings. The smallest absolute Gasteiger partial charge is 0.416 e. The van der Waals surface area contributed by atoms with Gasteiger partial charge in [0.1, 0.15) is 5.75 Å². The molecule has 0 heterocycles. The maximum Gasteiger partial charge on any atom is 0.416 e. The van der Waals surface area contributed by atoms with Crippen molar-refractivity contribution in [2.75, 3.05) is 17.5 Å². The third-order valence-corrected chi connectivity index (χ3v) is 6.39. The Bertz CT molecular complexity index is 1010. The zero-order chi connectivity index (χ0) is 23.9. The number of benzene rings is 2. The van der Waals surface area contributed by atoms with Gasteiger partial charge in [0.05, 0.1) is 29.4 Å². The lowest BCUT2D eigenvalue weighted by atomic mass is 10.1. The minimum Gasteiger partial charge on any atom is -0.491 e. The van der Waals surface area contributed by atoms with E-state index in [1.807, 2.05) is 0 Å². The van der Waals surface area contributed by atoms with E-state index in [9.17, 15) is 26.4 Å². The number of alkyl halides is 3. The first-order valence-electron chi connectivity index (χ1n) is 10.1. The fourth-order valence-corrected chi connectivity index (χ4v) is 4.70. The van der Waals surface area contributed by atoms with Gasteiger partial charge in [-0.2, -0.15) is 13.2 Å². The molecular formula is C22H26F3NO5S. The third-order valence-electron chi connectivity index (χ3n) is 4.38. The molecule has 2 aromatic rings. The van der Waals surface area contributed by atoms with Gasteiger partial charge in [0.2, 0.25) is 0 Å². The predicted octanol–water partition coefficient (Wildman–Crippen LogP) is 5.03. The lowest BCUT2D eigenvalue weighted by molar-refractivity contribution is -0.143. The maximum absolute atomic E-state index is 13.3. The highest BCUT2D eigenvalue weighted by molar-refractivity contribution is 7.92. The van der Waals surface area contributed by atoms with E-state index in [0.29, 0.717) is 0 Å². The second kappa shape index (κ2) is 10.7. The summed E-state index contributed by atoms with van der Waals surface area (Å²) in [5.41, 5.74) is -0.990. The summed E-state index contributed by atoms with van der Waals surface area (Å²) in [6.07, 6.45) is -4.41. The monoisotopic (exact) mass is 473 g/mol. The van der Waals surface area contributed by atoms with Crippen molar-refractivity contribution >= 4 is 21.7 Å². The summed E-state index contributed by atoms with van der Waals surface area (Å²) >= 11 is 0. The van der Waals surface area contributed by atoms with E-state index in [0.717, 1.165) is 22.5 Å². The van der Waals surface area contributed by atoms with Crippen LogP contribution in [0.15, 0.2) is 53.4 Å². The number of anilines is 1. The van der Waals surface area contributed by atoms with Crippen LogP contribution < -0.4 is 9.04 Å². The Morgan fingerprint density at radius 3 is 2.31 bits per heavy atom. The number of nitrogens with zero attached hydrogens (tertiary/aromatic N) is 1.